The Morgan fingerprint density at radius 2 is 2.17 bits per heavy atom. The summed E-state index contributed by atoms with van der Waals surface area (Å²) in [7, 11) is 0. The molecular formula is C8H16N3O. The minimum atomic E-state index is 0.405. The van der Waals surface area contributed by atoms with E-state index in [9.17, 15) is 0 Å². The van der Waals surface area contributed by atoms with Crippen molar-refractivity contribution in [3.63, 3.8) is 0 Å². The predicted molar refractivity (Wildman–Crippen MR) is 46.1 cm³/mol. The molecule has 4 nitrogen and oxygen atoms in total. The molecule has 1 atom stereocenters. The van der Waals surface area contributed by atoms with E-state index in [0.717, 1.165) is 45.9 Å². The maximum Gasteiger partial charge on any atom is 0.0889 e. The van der Waals surface area contributed by atoms with E-state index in [-0.39, 0.29) is 0 Å². The van der Waals surface area contributed by atoms with Crippen LogP contribution in [-0.2, 0) is 4.74 Å². The predicted octanol–water partition coefficient (Wildman–Crippen LogP) is -1.15. The number of rotatable bonds is 1. The van der Waals surface area contributed by atoms with E-state index in [4.69, 9.17) is 4.74 Å². The molecule has 1 radical (unpaired) electrons. The number of hydrogen-bond acceptors (Lipinski definition) is 3. The monoisotopic (exact) mass is 170 g/mol. The van der Waals surface area contributed by atoms with Crippen molar-refractivity contribution in [3.05, 3.63) is 0 Å². The Morgan fingerprint density at radius 3 is 2.83 bits per heavy atom. The van der Waals surface area contributed by atoms with Crippen LogP contribution in [0.1, 0.15) is 0 Å². The third-order valence-electron chi connectivity index (χ3n) is 2.42. The van der Waals surface area contributed by atoms with Gasteiger partial charge in [0.2, 0.25) is 0 Å². The minimum Gasteiger partial charge on any atom is -0.379 e. The summed E-state index contributed by atoms with van der Waals surface area (Å²) >= 11 is 0. The van der Waals surface area contributed by atoms with Crippen LogP contribution in [0, 0.1) is 0 Å². The number of piperazine rings is 1. The first-order valence-corrected chi connectivity index (χ1v) is 4.66. The van der Waals surface area contributed by atoms with E-state index in [2.05, 4.69) is 15.5 Å². The SMILES string of the molecule is C1CNCC(N2CCOCC2)[N]1. The zero-order valence-electron chi connectivity index (χ0n) is 7.33. The lowest BCUT2D eigenvalue weighted by atomic mass is 10.3. The number of ether oxygens (including phenoxy) is 1. The molecule has 1 N–H and O–H groups in total. The minimum absolute atomic E-state index is 0.405. The van der Waals surface area contributed by atoms with Gasteiger partial charge in [-0.2, -0.15) is 0 Å². The highest BCUT2D eigenvalue weighted by Gasteiger charge is 2.22. The van der Waals surface area contributed by atoms with Crippen LogP contribution in [0.3, 0.4) is 0 Å². The average Bonchev–Trinajstić information content (AvgIpc) is 2.21. The van der Waals surface area contributed by atoms with Gasteiger partial charge in [-0.25, -0.2) is 5.32 Å². The molecule has 0 bridgehead atoms. The Balaban J connectivity index is 1.80. The molecule has 0 amide bonds. The number of nitrogens with one attached hydrogen (secondary N) is 1. The summed E-state index contributed by atoms with van der Waals surface area (Å²) in [5.74, 6) is 0. The fourth-order valence-electron chi connectivity index (χ4n) is 1.71. The van der Waals surface area contributed by atoms with Crippen LogP contribution >= 0.6 is 0 Å². The molecule has 0 aromatic heterocycles. The molecule has 2 heterocycles. The number of hydrogen-bond donors (Lipinski definition) is 1. The van der Waals surface area contributed by atoms with E-state index >= 15 is 0 Å². The summed E-state index contributed by atoms with van der Waals surface area (Å²) < 4.78 is 5.29. The second kappa shape index (κ2) is 4.18. The molecule has 69 valence electrons. The lowest BCUT2D eigenvalue weighted by molar-refractivity contribution is 0.00484. The van der Waals surface area contributed by atoms with Crippen LogP contribution < -0.4 is 10.6 Å². The topological polar surface area (TPSA) is 38.6 Å². The Bertz CT molecular complexity index is 114. The van der Waals surface area contributed by atoms with Crippen molar-refractivity contribution < 1.29 is 4.74 Å². The van der Waals surface area contributed by atoms with Crippen LogP contribution in [0.4, 0.5) is 0 Å². The van der Waals surface area contributed by atoms with Gasteiger partial charge in [0.15, 0.2) is 0 Å². The fourth-order valence-corrected chi connectivity index (χ4v) is 1.71. The van der Waals surface area contributed by atoms with Crippen LogP contribution in [0.15, 0.2) is 0 Å². The second-order valence-corrected chi connectivity index (χ2v) is 3.24. The standard InChI is InChI=1S/C8H16N3O/c1-2-10-8(7-9-1)11-3-5-12-6-4-11/h8-9H,1-7H2. The quantitative estimate of drug-likeness (QED) is 0.540. The molecule has 0 saturated carbocycles. The molecule has 2 saturated heterocycles. The number of morpholine rings is 1. The molecule has 2 aliphatic rings. The third kappa shape index (κ3) is 1.95. The van der Waals surface area contributed by atoms with Gasteiger partial charge in [0.05, 0.1) is 19.4 Å². The van der Waals surface area contributed by atoms with Crippen molar-refractivity contribution in [2.75, 3.05) is 45.9 Å². The summed E-state index contributed by atoms with van der Waals surface area (Å²) in [6, 6.07) is 0. The first kappa shape index (κ1) is 8.44. The Hall–Kier alpha value is -0.160. The molecule has 0 aliphatic carbocycles. The maximum atomic E-state index is 5.29. The number of nitrogens with zero attached hydrogens (tertiary/aromatic N) is 2. The Labute approximate surface area is 73.3 Å². The fraction of sp³-hybridized carbons (Fsp3) is 1.00. The van der Waals surface area contributed by atoms with E-state index in [0.29, 0.717) is 6.17 Å². The largest absolute Gasteiger partial charge is 0.379 e. The van der Waals surface area contributed by atoms with Crippen molar-refractivity contribution in [1.29, 1.82) is 0 Å². The van der Waals surface area contributed by atoms with Gasteiger partial charge in [-0.05, 0) is 0 Å². The smallest absolute Gasteiger partial charge is 0.0889 e. The van der Waals surface area contributed by atoms with Crippen molar-refractivity contribution >= 4 is 0 Å². The summed E-state index contributed by atoms with van der Waals surface area (Å²) in [5.41, 5.74) is 0. The summed E-state index contributed by atoms with van der Waals surface area (Å²) in [6.07, 6.45) is 0.405. The van der Waals surface area contributed by atoms with Crippen LogP contribution in [-0.4, -0.2) is 57.0 Å². The van der Waals surface area contributed by atoms with Gasteiger partial charge in [-0.1, -0.05) is 0 Å². The zero-order chi connectivity index (χ0) is 8.23. The Morgan fingerprint density at radius 1 is 1.33 bits per heavy atom. The molecule has 0 spiro atoms. The first-order valence-electron chi connectivity index (χ1n) is 4.66. The van der Waals surface area contributed by atoms with Crippen molar-refractivity contribution in [2.24, 2.45) is 0 Å². The highest BCUT2D eigenvalue weighted by Crippen LogP contribution is 2.03. The van der Waals surface area contributed by atoms with Crippen LogP contribution in [0.2, 0.25) is 0 Å². The van der Waals surface area contributed by atoms with Gasteiger partial charge in [0, 0.05) is 32.7 Å². The highest BCUT2D eigenvalue weighted by molar-refractivity contribution is 4.77. The molecule has 2 rings (SSSR count). The van der Waals surface area contributed by atoms with Gasteiger partial charge in [-0.3, -0.25) is 4.90 Å². The molecule has 2 aliphatic heterocycles. The van der Waals surface area contributed by atoms with Crippen LogP contribution in [0.5, 0.6) is 0 Å². The molecule has 2 fully saturated rings. The van der Waals surface area contributed by atoms with Crippen molar-refractivity contribution in [2.45, 2.75) is 6.17 Å². The molecule has 1 unspecified atom stereocenters. The molecule has 0 aromatic carbocycles. The van der Waals surface area contributed by atoms with E-state index < -0.39 is 0 Å². The zero-order valence-corrected chi connectivity index (χ0v) is 7.33. The normalized spacial score (nSPS) is 33.5. The van der Waals surface area contributed by atoms with E-state index in [1.54, 1.807) is 0 Å². The first-order chi connectivity index (χ1) is 5.97. The van der Waals surface area contributed by atoms with Gasteiger partial charge >= 0.3 is 0 Å². The molecule has 0 aromatic rings. The van der Waals surface area contributed by atoms with Crippen molar-refractivity contribution in [3.8, 4) is 0 Å². The maximum absolute atomic E-state index is 5.29. The molecule has 12 heavy (non-hydrogen) atoms. The molecular weight excluding hydrogens is 154 g/mol. The summed E-state index contributed by atoms with van der Waals surface area (Å²) in [5, 5.41) is 7.92. The lowest BCUT2D eigenvalue weighted by Crippen LogP contribution is -2.56. The van der Waals surface area contributed by atoms with Gasteiger partial charge in [0.25, 0.3) is 0 Å². The summed E-state index contributed by atoms with van der Waals surface area (Å²) in [4.78, 5) is 2.40. The van der Waals surface area contributed by atoms with E-state index in [1.165, 1.54) is 0 Å². The van der Waals surface area contributed by atoms with Gasteiger partial charge < -0.3 is 10.1 Å². The highest BCUT2D eigenvalue weighted by atomic mass is 16.5. The third-order valence-corrected chi connectivity index (χ3v) is 2.42. The lowest BCUT2D eigenvalue weighted by Gasteiger charge is -2.36. The molecule has 4 heteroatoms. The Kier molecular flexibility index (Phi) is 2.94. The van der Waals surface area contributed by atoms with Crippen LogP contribution in [0.25, 0.3) is 0 Å². The second-order valence-electron chi connectivity index (χ2n) is 3.24. The summed E-state index contributed by atoms with van der Waals surface area (Å²) in [6.45, 7) is 6.83. The van der Waals surface area contributed by atoms with Gasteiger partial charge in [0.1, 0.15) is 0 Å². The average molecular weight is 170 g/mol. The van der Waals surface area contributed by atoms with Crippen molar-refractivity contribution in [1.82, 2.24) is 15.5 Å². The van der Waals surface area contributed by atoms with Gasteiger partial charge in [-0.15, -0.1) is 0 Å². The van der Waals surface area contributed by atoms with E-state index in [1.807, 2.05) is 0 Å².